The smallest absolute Gasteiger partial charge is 0.258 e. The number of anilines is 1. The molecule has 0 spiro atoms. The van der Waals surface area contributed by atoms with Gasteiger partial charge >= 0.3 is 0 Å². The molecular formula is C32H37N3O2. The number of para-hydroxylation sites is 1. The van der Waals surface area contributed by atoms with Crippen molar-refractivity contribution in [1.29, 1.82) is 0 Å². The Morgan fingerprint density at radius 1 is 0.973 bits per heavy atom. The van der Waals surface area contributed by atoms with Gasteiger partial charge in [0.15, 0.2) is 0 Å². The molecule has 5 nitrogen and oxygen atoms in total. The van der Waals surface area contributed by atoms with E-state index in [9.17, 15) is 9.90 Å². The van der Waals surface area contributed by atoms with Gasteiger partial charge in [0.2, 0.25) is 0 Å². The van der Waals surface area contributed by atoms with E-state index in [1.165, 1.54) is 0 Å². The van der Waals surface area contributed by atoms with Crippen LogP contribution in [-0.4, -0.2) is 59.1 Å². The molecule has 3 aromatic rings. The first-order valence-corrected chi connectivity index (χ1v) is 12.9. The van der Waals surface area contributed by atoms with E-state index in [-0.39, 0.29) is 23.7 Å². The summed E-state index contributed by atoms with van der Waals surface area (Å²) in [5.74, 6) is 0.146. The molecule has 1 N–H and O–H groups in total. The quantitative estimate of drug-likeness (QED) is 0.376. The van der Waals surface area contributed by atoms with Crippen molar-refractivity contribution in [2.24, 2.45) is 0 Å². The third-order valence-corrected chi connectivity index (χ3v) is 7.15. The maximum Gasteiger partial charge on any atom is 0.258 e. The summed E-state index contributed by atoms with van der Waals surface area (Å²) >= 11 is 0. The molecule has 0 unspecified atom stereocenters. The van der Waals surface area contributed by atoms with Gasteiger partial charge in [-0.25, -0.2) is 0 Å². The lowest BCUT2D eigenvalue weighted by Gasteiger charge is -2.47. The van der Waals surface area contributed by atoms with Gasteiger partial charge in [0, 0.05) is 49.5 Å². The zero-order valence-corrected chi connectivity index (χ0v) is 21.8. The van der Waals surface area contributed by atoms with Gasteiger partial charge in [-0.3, -0.25) is 14.6 Å². The van der Waals surface area contributed by atoms with E-state index in [0.717, 1.165) is 36.4 Å². The Morgan fingerprint density at radius 2 is 1.70 bits per heavy atom. The summed E-state index contributed by atoms with van der Waals surface area (Å²) in [5, 5.41) is 10.4. The minimum atomic E-state index is -0.197. The predicted octanol–water partition coefficient (Wildman–Crippen LogP) is 5.90. The molecule has 192 valence electrons. The molecule has 0 aromatic heterocycles. The number of amides is 1. The van der Waals surface area contributed by atoms with Gasteiger partial charge in [-0.1, -0.05) is 60.7 Å². The highest BCUT2D eigenvalue weighted by Crippen LogP contribution is 2.36. The zero-order valence-electron chi connectivity index (χ0n) is 21.8. The summed E-state index contributed by atoms with van der Waals surface area (Å²) in [6, 6.07) is 25.3. The number of benzene rings is 3. The van der Waals surface area contributed by atoms with Crippen LogP contribution in [0.1, 0.15) is 41.4 Å². The van der Waals surface area contributed by atoms with Crippen molar-refractivity contribution in [3.8, 4) is 5.75 Å². The highest BCUT2D eigenvalue weighted by Gasteiger charge is 2.36. The topological polar surface area (TPSA) is 47.0 Å². The molecule has 0 radical (unpaired) electrons. The van der Waals surface area contributed by atoms with Gasteiger partial charge in [-0.2, -0.15) is 0 Å². The number of phenols is 1. The second kappa shape index (κ2) is 12.0. The molecule has 1 amide bonds. The van der Waals surface area contributed by atoms with Crippen molar-refractivity contribution in [2.45, 2.75) is 32.0 Å². The summed E-state index contributed by atoms with van der Waals surface area (Å²) in [6.07, 6.45) is 3.71. The maximum absolute atomic E-state index is 14.1. The Bertz CT molecular complexity index is 1230. The average molecular weight is 496 g/mol. The third-order valence-electron chi connectivity index (χ3n) is 7.15. The van der Waals surface area contributed by atoms with E-state index in [4.69, 9.17) is 0 Å². The highest BCUT2D eigenvalue weighted by atomic mass is 16.3. The fraction of sp³-hybridized carbons (Fsp3) is 0.281. The van der Waals surface area contributed by atoms with Gasteiger partial charge in [0.05, 0.1) is 6.04 Å². The van der Waals surface area contributed by atoms with E-state index in [1.54, 1.807) is 17.0 Å². The van der Waals surface area contributed by atoms with Crippen molar-refractivity contribution in [2.75, 3.05) is 31.1 Å². The van der Waals surface area contributed by atoms with Crippen LogP contribution in [0.2, 0.25) is 0 Å². The van der Waals surface area contributed by atoms with E-state index >= 15 is 0 Å². The van der Waals surface area contributed by atoms with Crippen molar-refractivity contribution in [3.05, 3.63) is 121 Å². The molecule has 1 saturated heterocycles. The number of hydrogen-bond acceptors (Lipinski definition) is 4. The standard InChI is InChI=1S/C32H37N3O2/c1-5-19-33-22-25(4)35(23-24(33)3)31(26-13-12-16-28(36)21-26)29-17-10-11-18-30(29)32(37)34(20-6-2)27-14-8-7-9-15-27/h5-18,21,24-25,31,36H,1-2,19-20,22-23H2,3-4H3/t24-,25+,31-/m1/s1. The first-order chi connectivity index (χ1) is 17.9. The number of rotatable bonds is 9. The van der Waals surface area contributed by atoms with Crippen LogP contribution in [0.15, 0.2) is 104 Å². The number of hydrogen-bond donors (Lipinski definition) is 1. The Hall–Kier alpha value is -3.67. The summed E-state index contributed by atoms with van der Waals surface area (Å²) in [4.78, 5) is 20.8. The highest BCUT2D eigenvalue weighted by molar-refractivity contribution is 6.07. The van der Waals surface area contributed by atoms with Crippen molar-refractivity contribution < 1.29 is 9.90 Å². The summed E-state index contributed by atoms with van der Waals surface area (Å²) < 4.78 is 0. The molecule has 0 aliphatic carbocycles. The Morgan fingerprint density at radius 3 is 2.41 bits per heavy atom. The summed E-state index contributed by atoms with van der Waals surface area (Å²) in [7, 11) is 0. The van der Waals surface area contributed by atoms with E-state index in [1.807, 2.05) is 78.9 Å². The normalized spacial score (nSPS) is 19.2. The number of carbonyl (C=O) groups excluding carboxylic acids is 1. The molecule has 0 saturated carbocycles. The van der Waals surface area contributed by atoms with Crippen LogP contribution >= 0.6 is 0 Å². The molecular weight excluding hydrogens is 458 g/mol. The molecule has 37 heavy (non-hydrogen) atoms. The van der Waals surface area contributed by atoms with Crippen molar-refractivity contribution in [3.63, 3.8) is 0 Å². The zero-order chi connectivity index (χ0) is 26.4. The molecule has 0 bridgehead atoms. The first-order valence-electron chi connectivity index (χ1n) is 12.9. The average Bonchev–Trinajstić information content (AvgIpc) is 2.91. The maximum atomic E-state index is 14.1. The van der Waals surface area contributed by atoms with Crippen LogP contribution in [0, 0.1) is 0 Å². The van der Waals surface area contributed by atoms with Gasteiger partial charge in [-0.05, 0) is 55.3 Å². The fourth-order valence-corrected chi connectivity index (χ4v) is 5.37. The van der Waals surface area contributed by atoms with Gasteiger partial charge < -0.3 is 10.0 Å². The number of aromatic hydroxyl groups is 1. The molecule has 1 fully saturated rings. The lowest BCUT2D eigenvalue weighted by molar-refractivity contribution is 0.0304. The Balaban J connectivity index is 1.81. The summed E-state index contributed by atoms with van der Waals surface area (Å²) in [5.41, 5.74) is 3.37. The number of carbonyl (C=O) groups is 1. The third kappa shape index (κ3) is 5.85. The van der Waals surface area contributed by atoms with Crippen molar-refractivity contribution in [1.82, 2.24) is 9.80 Å². The lowest BCUT2D eigenvalue weighted by atomic mass is 9.90. The lowest BCUT2D eigenvalue weighted by Crippen LogP contribution is -2.57. The second-order valence-corrected chi connectivity index (χ2v) is 9.76. The molecule has 1 aliphatic rings. The first kappa shape index (κ1) is 26.4. The number of phenolic OH excluding ortho intramolecular Hbond substituents is 1. The van der Waals surface area contributed by atoms with Crippen LogP contribution in [0.4, 0.5) is 5.69 Å². The fourth-order valence-electron chi connectivity index (χ4n) is 5.37. The minimum Gasteiger partial charge on any atom is -0.508 e. The van der Waals surface area contributed by atoms with E-state index in [2.05, 4.69) is 36.8 Å². The molecule has 3 atom stereocenters. The van der Waals surface area contributed by atoms with Gasteiger partial charge in [-0.15, -0.1) is 13.2 Å². The molecule has 3 aromatic carbocycles. The largest absolute Gasteiger partial charge is 0.508 e. The second-order valence-electron chi connectivity index (χ2n) is 9.76. The van der Waals surface area contributed by atoms with Gasteiger partial charge in [0.25, 0.3) is 5.91 Å². The van der Waals surface area contributed by atoms with Crippen LogP contribution in [0.5, 0.6) is 5.75 Å². The predicted molar refractivity (Wildman–Crippen MR) is 152 cm³/mol. The molecule has 1 aliphatic heterocycles. The molecule has 5 heteroatoms. The van der Waals surface area contributed by atoms with E-state index in [0.29, 0.717) is 18.2 Å². The number of nitrogens with zero attached hydrogens (tertiary/aromatic N) is 3. The van der Waals surface area contributed by atoms with E-state index < -0.39 is 0 Å². The number of piperazine rings is 1. The minimum absolute atomic E-state index is 0.0714. The van der Waals surface area contributed by atoms with Crippen LogP contribution in [0.25, 0.3) is 0 Å². The Kier molecular flexibility index (Phi) is 8.59. The molecule has 4 rings (SSSR count). The van der Waals surface area contributed by atoms with Crippen LogP contribution < -0.4 is 4.90 Å². The van der Waals surface area contributed by atoms with Crippen LogP contribution in [-0.2, 0) is 0 Å². The monoisotopic (exact) mass is 495 g/mol. The Labute approximate surface area is 221 Å². The van der Waals surface area contributed by atoms with Gasteiger partial charge in [0.1, 0.15) is 5.75 Å². The van der Waals surface area contributed by atoms with Crippen LogP contribution in [0.3, 0.4) is 0 Å². The SMILES string of the molecule is C=CCN(C(=O)c1ccccc1[C@@H](c1cccc(O)c1)N1C[C@@H](C)N(CC=C)C[C@@H]1C)c1ccccc1. The van der Waals surface area contributed by atoms with Crippen molar-refractivity contribution >= 4 is 11.6 Å². The summed E-state index contributed by atoms with van der Waals surface area (Å²) in [6.45, 7) is 15.3. The molecule has 1 heterocycles.